The third kappa shape index (κ3) is 11.4. The molecule has 2 aliphatic heterocycles. The van der Waals surface area contributed by atoms with Crippen molar-refractivity contribution < 1.29 is 33.5 Å². The molecule has 0 aromatic heterocycles. The molecule has 1 saturated heterocycles. The number of aliphatic hydroxyl groups is 1. The molecule has 2 aromatic rings. The SMILES string of the molecule is CCCc1cc(Cl)ccc1C1COc2ccc(C(O)C(=O)N[S+]([O-])C3CC3)cc2N(CC2CCC2C(/C=C/CCN(C)C(C)=O)OCCN2CCOCC2)C1. The molecule has 6 atom stereocenters. The molecule has 6 rings (SSSR count). The van der Waals surface area contributed by atoms with E-state index >= 15 is 0 Å². The van der Waals surface area contributed by atoms with Gasteiger partial charge >= 0.3 is 0 Å². The normalized spacial score (nSPS) is 23.2. The van der Waals surface area contributed by atoms with Crippen molar-refractivity contribution in [2.45, 2.75) is 82.2 Å². The van der Waals surface area contributed by atoms with Crippen molar-refractivity contribution in [2.24, 2.45) is 11.8 Å². The lowest BCUT2D eigenvalue weighted by Gasteiger charge is -2.44. The van der Waals surface area contributed by atoms with Crippen LogP contribution in [-0.4, -0.2) is 115 Å². The van der Waals surface area contributed by atoms with Gasteiger partial charge in [-0.3, -0.25) is 14.5 Å². The van der Waals surface area contributed by atoms with E-state index in [4.69, 9.17) is 25.8 Å². The summed E-state index contributed by atoms with van der Waals surface area (Å²) in [7, 11) is 1.83. The number of aryl methyl sites for hydroxylation is 1. The Morgan fingerprint density at radius 2 is 1.96 bits per heavy atom. The number of anilines is 1. The lowest BCUT2D eigenvalue weighted by molar-refractivity contribution is -0.128. The van der Waals surface area contributed by atoms with Crippen molar-refractivity contribution in [3.8, 4) is 5.75 Å². The molecule has 2 heterocycles. The van der Waals surface area contributed by atoms with Crippen molar-refractivity contribution in [1.82, 2.24) is 14.5 Å². The Morgan fingerprint density at radius 3 is 2.67 bits per heavy atom. The number of hydrogen-bond acceptors (Lipinski definition) is 9. The number of benzene rings is 2. The van der Waals surface area contributed by atoms with E-state index in [9.17, 15) is 19.2 Å². The number of amides is 2. The van der Waals surface area contributed by atoms with Crippen LogP contribution in [0.5, 0.6) is 5.75 Å². The summed E-state index contributed by atoms with van der Waals surface area (Å²) >= 11 is 4.99. The van der Waals surface area contributed by atoms with E-state index < -0.39 is 23.4 Å². The topological polar surface area (TPSA) is 127 Å². The quantitative estimate of drug-likeness (QED) is 0.150. The Labute approximate surface area is 335 Å². The van der Waals surface area contributed by atoms with Crippen molar-refractivity contribution >= 4 is 40.5 Å². The summed E-state index contributed by atoms with van der Waals surface area (Å²) in [5, 5.41) is 11.9. The van der Waals surface area contributed by atoms with Gasteiger partial charge in [0.2, 0.25) is 5.91 Å². The number of morpholine rings is 1. The highest BCUT2D eigenvalue weighted by molar-refractivity contribution is 7.90. The summed E-state index contributed by atoms with van der Waals surface area (Å²) in [6.45, 7) is 11.1. The van der Waals surface area contributed by atoms with Crippen LogP contribution in [0, 0.1) is 11.8 Å². The van der Waals surface area contributed by atoms with Crippen molar-refractivity contribution in [3.63, 3.8) is 0 Å². The standard InChI is InChI=1S/C42H59ClN4O7S/c1-4-7-30-24-34(43)11-15-36(30)33-27-47(38-25-31(10-16-40(38)54-28-33)41(49)42(50)44-55(51)35-12-13-35)26-32-9-14-37(32)39(8-5-6-17-45(3)29(2)48)53-23-20-46-18-21-52-22-19-46/h5,8,10-11,15-16,24-25,32-33,35,37,39,41,49H,4,6-7,9,12-14,17-23,26-28H2,1-3H3,(H,44,50)/b8-5+. The molecule has 2 N–H and O–H groups in total. The van der Waals surface area contributed by atoms with Gasteiger partial charge < -0.3 is 33.7 Å². The first-order chi connectivity index (χ1) is 26.6. The minimum Gasteiger partial charge on any atom is -0.593 e. The fourth-order valence-electron chi connectivity index (χ4n) is 7.83. The largest absolute Gasteiger partial charge is 0.593 e. The molecule has 4 aliphatic rings. The first-order valence-corrected chi connectivity index (χ1v) is 21.7. The molecule has 302 valence electrons. The molecule has 0 radical (unpaired) electrons. The van der Waals surface area contributed by atoms with Gasteiger partial charge in [0.1, 0.15) is 11.0 Å². The zero-order chi connectivity index (χ0) is 38.9. The number of nitrogens with one attached hydrogen (secondary N) is 1. The average molecular weight is 799 g/mol. The summed E-state index contributed by atoms with van der Waals surface area (Å²) < 4.78 is 33.8. The molecule has 3 fully saturated rings. The molecule has 2 aromatic carbocycles. The minimum atomic E-state index is -1.50. The Morgan fingerprint density at radius 1 is 1.16 bits per heavy atom. The van der Waals surface area contributed by atoms with Crippen LogP contribution in [0.25, 0.3) is 0 Å². The summed E-state index contributed by atoms with van der Waals surface area (Å²) in [5.74, 6) is 0.766. The van der Waals surface area contributed by atoms with Crippen LogP contribution >= 0.6 is 11.6 Å². The van der Waals surface area contributed by atoms with Gasteiger partial charge in [-0.25, -0.2) is 0 Å². The molecule has 2 saturated carbocycles. The Balaban J connectivity index is 1.24. The number of carbonyl (C=O) groups is 2. The molecule has 11 nitrogen and oxygen atoms in total. The molecule has 13 heteroatoms. The van der Waals surface area contributed by atoms with Crippen LogP contribution in [0.4, 0.5) is 5.69 Å². The summed E-state index contributed by atoms with van der Waals surface area (Å²) in [6, 6.07) is 11.6. The summed E-state index contributed by atoms with van der Waals surface area (Å²) in [6.07, 6.45) is 9.21. The number of hydrogen-bond donors (Lipinski definition) is 2. The smallest absolute Gasteiger partial charge is 0.294 e. The number of aliphatic hydroxyl groups excluding tert-OH is 1. The number of nitrogens with zero attached hydrogens (tertiary/aromatic N) is 3. The van der Waals surface area contributed by atoms with E-state index in [0.717, 1.165) is 95.0 Å². The van der Waals surface area contributed by atoms with Crippen LogP contribution in [0.2, 0.25) is 5.02 Å². The highest BCUT2D eigenvalue weighted by Gasteiger charge is 2.40. The van der Waals surface area contributed by atoms with Crippen LogP contribution in [0.15, 0.2) is 48.6 Å². The van der Waals surface area contributed by atoms with Crippen molar-refractivity contribution in [3.05, 3.63) is 70.3 Å². The lowest BCUT2D eigenvalue weighted by Crippen LogP contribution is -2.45. The molecule has 0 bridgehead atoms. The minimum absolute atomic E-state index is 0.0335. The number of halogens is 1. The first-order valence-electron chi connectivity index (χ1n) is 20.1. The van der Waals surface area contributed by atoms with Gasteiger partial charge in [-0.2, -0.15) is 4.72 Å². The maximum absolute atomic E-state index is 13.0. The van der Waals surface area contributed by atoms with Crippen molar-refractivity contribution in [1.29, 1.82) is 0 Å². The maximum atomic E-state index is 13.0. The Kier molecular flexibility index (Phi) is 15.2. The van der Waals surface area contributed by atoms with Crippen LogP contribution < -0.4 is 14.4 Å². The second kappa shape index (κ2) is 20.0. The van der Waals surface area contributed by atoms with E-state index in [1.165, 1.54) is 11.1 Å². The molecular formula is C42H59ClN4O7S. The second-order valence-corrected chi connectivity index (χ2v) is 17.4. The lowest BCUT2D eigenvalue weighted by atomic mass is 9.70. The predicted octanol–water partition coefficient (Wildman–Crippen LogP) is 5.42. The Hall–Kier alpha value is -2.84. The zero-order valence-corrected chi connectivity index (χ0v) is 34.2. The van der Waals surface area contributed by atoms with Gasteiger partial charge in [0.15, 0.2) is 6.10 Å². The molecule has 0 spiro atoms. The third-order valence-corrected chi connectivity index (χ3v) is 13.2. The van der Waals surface area contributed by atoms with Gasteiger partial charge in [0, 0.05) is 77.0 Å². The summed E-state index contributed by atoms with van der Waals surface area (Å²) in [4.78, 5) is 31.3. The molecular weight excluding hydrogens is 740 g/mol. The average Bonchev–Trinajstić information content (AvgIpc) is 4.03. The fraction of sp³-hybridized carbons (Fsp3) is 0.619. The fourth-order valence-corrected chi connectivity index (χ4v) is 9.07. The zero-order valence-electron chi connectivity index (χ0n) is 32.6. The highest BCUT2D eigenvalue weighted by Crippen LogP contribution is 2.43. The van der Waals surface area contributed by atoms with E-state index in [1.54, 1.807) is 17.9 Å². The monoisotopic (exact) mass is 798 g/mol. The van der Waals surface area contributed by atoms with E-state index in [-0.39, 0.29) is 23.2 Å². The number of carbonyl (C=O) groups excluding carboxylic acids is 2. The molecule has 6 unspecified atom stereocenters. The Bertz CT molecular complexity index is 1620. The van der Waals surface area contributed by atoms with Gasteiger partial charge in [0.25, 0.3) is 5.91 Å². The van der Waals surface area contributed by atoms with Gasteiger partial charge in [-0.1, -0.05) is 49.2 Å². The van der Waals surface area contributed by atoms with E-state index in [0.29, 0.717) is 49.5 Å². The number of rotatable bonds is 18. The van der Waals surface area contributed by atoms with Crippen LogP contribution in [-0.2, 0) is 36.8 Å². The van der Waals surface area contributed by atoms with Crippen molar-refractivity contribution in [2.75, 3.05) is 77.6 Å². The second-order valence-electron chi connectivity index (χ2n) is 15.5. The van der Waals surface area contributed by atoms with Gasteiger partial charge in [-0.05, 0) is 78.5 Å². The maximum Gasteiger partial charge on any atom is 0.294 e. The third-order valence-electron chi connectivity index (χ3n) is 11.5. The van der Waals surface area contributed by atoms with Crippen LogP contribution in [0.1, 0.15) is 81.1 Å². The highest BCUT2D eigenvalue weighted by atomic mass is 35.5. The number of fused-ring (bicyclic) bond motifs is 1. The van der Waals surface area contributed by atoms with E-state index in [2.05, 4.69) is 45.7 Å². The van der Waals surface area contributed by atoms with Gasteiger partial charge in [-0.15, -0.1) is 0 Å². The predicted molar refractivity (Wildman–Crippen MR) is 217 cm³/mol. The summed E-state index contributed by atoms with van der Waals surface area (Å²) in [5.41, 5.74) is 3.71. The first kappa shape index (κ1) is 41.8. The molecule has 2 aliphatic carbocycles. The van der Waals surface area contributed by atoms with E-state index in [1.807, 2.05) is 25.2 Å². The molecule has 55 heavy (non-hydrogen) atoms. The van der Waals surface area contributed by atoms with Gasteiger partial charge in [0.05, 0.1) is 49.6 Å². The van der Waals surface area contributed by atoms with Crippen LogP contribution in [0.3, 0.4) is 0 Å². The number of ether oxygens (including phenoxy) is 3. The molecule has 2 amide bonds.